The van der Waals surface area contributed by atoms with Crippen LogP contribution in [0.3, 0.4) is 0 Å². The van der Waals surface area contributed by atoms with Crippen molar-refractivity contribution < 1.29 is 14.3 Å². The quantitative estimate of drug-likeness (QED) is 0.535. The lowest BCUT2D eigenvalue weighted by atomic mass is 9.96. The predicted octanol–water partition coefficient (Wildman–Crippen LogP) is 4.76. The summed E-state index contributed by atoms with van der Waals surface area (Å²) in [7, 11) is 1.57. The van der Waals surface area contributed by atoms with E-state index in [0.29, 0.717) is 30.9 Å². The average Bonchev–Trinajstić information content (AvgIpc) is 2.80. The minimum Gasteiger partial charge on any atom is -0.495 e. The van der Waals surface area contributed by atoms with Crippen LogP contribution in [-0.2, 0) is 0 Å². The molecule has 2 aromatic rings. The highest BCUT2D eigenvalue weighted by atomic mass is 16.5. The zero-order valence-electron chi connectivity index (χ0n) is 18.1. The van der Waals surface area contributed by atoms with Gasteiger partial charge in [0.2, 0.25) is 0 Å². The van der Waals surface area contributed by atoms with Crippen molar-refractivity contribution in [2.24, 2.45) is 0 Å². The molecule has 31 heavy (non-hydrogen) atoms. The minimum atomic E-state index is -0.248. The lowest BCUT2D eigenvalue weighted by molar-refractivity contribution is 0.232. The van der Waals surface area contributed by atoms with Gasteiger partial charge in [-0.1, -0.05) is 49.6 Å². The molecule has 0 radical (unpaired) electrons. The van der Waals surface area contributed by atoms with Gasteiger partial charge in [0.25, 0.3) is 0 Å². The fourth-order valence-corrected chi connectivity index (χ4v) is 3.81. The number of carbonyl (C=O) groups excluding carboxylic acids is 2. The summed E-state index contributed by atoms with van der Waals surface area (Å²) in [4.78, 5) is 26.8. The number of nitrogens with zero attached hydrogens (tertiary/aromatic N) is 1. The molecule has 166 valence electrons. The Balaban J connectivity index is 1.54. The van der Waals surface area contributed by atoms with Crippen molar-refractivity contribution in [3.63, 3.8) is 0 Å². The molecule has 1 aliphatic carbocycles. The van der Waals surface area contributed by atoms with Crippen molar-refractivity contribution >= 4 is 23.4 Å². The fourth-order valence-electron chi connectivity index (χ4n) is 3.81. The lowest BCUT2D eigenvalue weighted by Crippen LogP contribution is -2.44. The highest BCUT2D eigenvalue weighted by Gasteiger charge is 2.18. The van der Waals surface area contributed by atoms with Crippen LogP contribution in [0.2, 0.25) is 0 Å². The Kier molecular flexibility index (Phi) is 8.58. The molecular weight excluding hydrogens is 392 g/mol. The molecule has 7 nitrogen and oxygen atoms in total. The largest absolute Gasteiger partial charge is 0.495 e. The van der Waals surface area contributed by atoms with Gasteiger partial charge in [-0.15, -0.1) is 0 Å². The Morgan fingerprint density at radius 1 is 1.00 bits per heavy atom. The van der Waals surface area contributed by atoms with Crippen LogP contribution >= 0.6 is 0 Å². The SMILES string of the molecule is COc1ccccc1NC(=O)N(CCCNC(=O)NC1CCCCC1)c1ccccc1. The summed E-state index contributed by atoms with van der Waals surface area (Å²) in [5.41, 5.74) is 1.41. The third kappa shape index (κ3) is 6.91. The minimum absolute atomic E-state index is 0.128. The predicted molar refractivity (Wildman–Crippen MR) is 124 cm³/mol. The van der Waals surface area contributed by atoms with E-state index in [1.807, 2.05) is 42.5 Å². The first-order valence-corrected chi connectivity index (χ1v) is 11.0. The van der Waals surface area contributed by atoms with E-state index in [4.69, 9.17) is 4.74 Å². The number of methoxy groups -OCH3 is 1. The molecule has 0 spiro atoms. The van der Waals surface area contributed by atoms with E-state index in [9.17, 15) is 9.59 Å². The van der Waals surface area contributed by atoms with Crippen LogP contribution < -0.4 is 25.6 Å². The molecule has 0 bridgehead atoms. The lowest BCUT2D eigenvalue weighted by Gasteiger charge is -2.24. The van der Waals surface area contributed by atoms with Gasteiger partial charge in [0, 0.05) is 24.8 Å². The van der Waals surface area contributed by atoms with Crippen molar-refractivity contribution in [2.75, 3.05) is 30.4 Å². The molecule has 4 amide bonds. The monoisotopic (exact) mass is 424 g/mol. The summed E-state index contributed by atoms with van der Waals surface area (Å²) in [5, 5.41) is 8.89. The topological polar surface area (TPSA) is 82.7 Å². The zero-order chi connectivity index (χ0) is 21.9. The summed E-state index contributed by atoms with van der Waals surface area (Å²) < 4.78 is 5.33. The third-order valence-electron chi connectivity index (χ3n) is 5.45. The second kappa shape index (κ2) is 11.8. The van der Waals surface area contributed by atoms with Crippen molar-refractivity contribution in [2.45, 2.75) is 44.6 Å². The van der Waals surface area contributed by atoms with E-state index in [1.54, 1.807) is 24.1 Å². The Hall–Kier alpha value is -3.22. The van der Waals surface area contributed by atoms with Crippen LogP contribution in [0.15, 0.2) is 54.6 Å². The number of para-hydroxylation sites is 3. The first-order chi connectivity index (χ1) is 15.2. The van der Waals surface area contributed by atoms with Crippen LogP contribution in [-0.4, -0.2) is 38.3 Å². The maximum absolute atomic E-state index is 13.0. The van der Waals surface area contributed by atoms with Gasteiger partial charge in [-0.2, -0.15) is 0 Å². The number of hydrogen-bond acceptors (Lipinski definition) is 3. The molecule has 0 aliphatic heterocycles. The summed E-state index contributed by atoms with van der Waals surface area (Å²) in [6.45, 7) is 0.957. The number of rotatable bonds is 8. The van der Waals surface area contributed by atoms with Crippen LogP contribution in [0.1, 0.15) is 38.5 Å². The summed E-state index contributed by atoms with van der Waals surface area (Å²) in [6.07, 6.45) is 6.35. The Labute approximate surface area is 184 Å². The van der Waals surface area contributed by atoms with Crippen molar-refractivity contribution in [1.29, 1.82) is 0 Å². The van der Waals surface area contributed by atoms with E-state index in [1.165, 1.54) is 19.3 Å². The van der Waals surface area contributed by atoms with E-state index in [0.717, 1.165) is 18.5 Å². The molecule has 0 atom stereocenters. The van der Waals surface area contributed by atoms with Gasteiger partial charge in [-0.25, -0.2) is 9.59 Å². The summed E-state index contributed by atoms with van der Waals surface area (Å²) in [5.74, 6) is 0.602. The molecule has 0 aromatic heterocycles. The van der Waals surface area contributed by atoms with Crippen LogP contribution in [0, 0.1) is 0 Å². The fraction of sp³-hybridized carbons (Fsp3) is 0.417. The van der Waals surface area contributed by atoms with Gasteiger partial charge in [-0.3, -0.25) is 4.90 Å². The Morgan fingerprint density at radius 3 is 2.45 bits per heavy atom. The molecule has 3 N–H and O–H groups in total. The zero-order valence-corrected chi connectivity index (χ0v) is 18.1. The first-order valence-electron chi connectivity index (χ1n) is 11.0. The van der Waals surface area contributed by atoms with Gasteiger partial charge in [0.15, 0.2) is 0 Å². The average molecular weight is 425 g/mol. The number of benzene rings is 2. The Bertz CT molecular complexity index is 838. The molecule has 7 heteroatoms. The third-order valence-corrected chi connectivity index (χ3v) is 5.45. The number of hydrogen-bond donors (Lipinski definition) is 3. The summed E-state index contributed by atoms with van der Waals surface area (Å²) in [6, 6.07) is 16.7. The van der Waals surface area contributed by atoms with E-state index in [2.05, 4.69) is 16.0 Å². The Morgan fingerprint density at radius 2 is 1.71 bits per heavy atom. The number of carbonyl (C=O) groups is 2. The molecule has 1 saturated carbocycles. The molecule has 1 aliphatic rings. The first kappa shape index (κ1) is 22.5. The molecule has 2 aromatic carbocycles. The van der Waals surface area contributed by atoms with E-state index < -0.39 is 0 Å². The number of urea groups is 2. The van der Waals surface area contributed by atoms with Crippen molar-refractivity contribution in [3.05, 3.63) is 54.6 Å². The van der Waals surface area contributed by atoms with Gasteiger partial charge >= 0.3 is 12.1 Å². The number of amides is 4. The maximum Gasteiger partial charge on any atom is 0.326 e. The van der Waals surface area contributed by atoms with Crippen molar-refractivity contribution in [3.8, 4) is 5.75 Å². The van der Waals surface area contributed by atoms with Gasteiger partial charge in [-0.05, 0) is 43.5 Å². The molecule has 0 saturated heterocycles. The highest BCUT2D eigenvalue weighted by Crippen LogP contribution is 2.24. The van der Waals surface area contributed by atoms with E-state index in [-0.39, 0.29) is 18.1 Å². The van der Waals surface area contributed by atoms with Crippen LogP contribution in [0.25, 0.3) is 0 Å². The molecule has 3 rings (SSSR count). The van der Waals surface area contributed by atoms with Crippen molar-refractivity contribution in [1.82, 2.24) is 10.6 Å². The maximum atomic E-state index is 13.0. The van der Waals surface area contributed by atoms with Gasteiger partial charge < -0.3 is 20.7 Å². The van der Waals surface area contributed by atoms with Crippen LogP contribution in [0.5, 0.6) is 5.75 Å². The molecule has 1 fully saturated rings. The summed E-state index contributed by atoms with van der Waals surface area (Å²) >= 11 is 0. The molecular formula is C24H32N4O3. The number of ether oxygens (including phenoxy) is 1. The highest BCUT2D eigenvalue weighted by molar-refractivity contribution is 6.02. The van der Waals surface area contributed by atoms with Gasteiger partial charge in [0.05, 0.1) is 12.8 Å². The normalized spacial score (nSPS) is 13.8. The van der Waals surface area contributed by atoms with Crippen LogP contribution in [0.4, 0.5) is 21.0 Å². The van der Waals surface area contributed by atoms with Gasteiger partial charge in [0.1, 0.15) is 5.75 Å². The molecule has 0 heterocycles. The standard InChI is InChI=1S/C24H32N4O3/c1-31-22-16-9-8-15-21(22)27-24(30)28(20-13-6-3-7-14-20)18-10-17-25-23(29)26-19-11-4-2-5-12-19/h3,6-9,13-16,19H,2,4-5,10-12,17-18H2,1H3,(H,27,30)(H2,25,26,29). The number of nitrogens with one attached hydrogen (secondary N) is 3. The molecule has 0 unspecified atom stereocenters. The number of anilines is 2. The second-order valence-electron chi connectivity index (χ2n) is 7.71. The van der Waals surface area contributed by atoms with E-state index >= 15 is 0 Å². The second-order valence-corrected chi connectivity index (χ2v) is 7.71. The smallest absolute Gasteiger partial charge is 0.326 e.